The third-order valence-corrected chi connectivity index (χ3v) is 3.87. The number of aromatic nitrogens is 5. The molecule has 0 bridgehead atoms. The van der Waals surface area contributed by atoms with Crippen LogP contribution in [-0.2, 0) is 6.18 Å². The zero-order valence-corrected chi connectivity index (χ0v) is 13.2. The van der Waals surface area contributed by atoms with Crippen molar-refractivity contribution in [1.82, 2.24) is 24.6 Å². The maximum Gasteiger partial charge on any atom is 0.418 e. The van der Waals surface area contributed by atoms with E-state index in [4.69, 9.17) is 4.42 Å². The lowest BCUT2D eigenvalue weighted by Gasteiger charge is -2.16. The van der Waals surface area contributed by atoms with Crippen LogP contribution >= 0.6 is 0 Å². The second-order valence-corrected chi connectivity index (χ2v) is 5.92. The summed E-state index contributed by atoms with van der Waals surface area (Å²) in [6.45, 7) is 3.36. The van der Waals surface area contributed by atoms with Gasteiger partial charge in [-0.3, -0.25) is 4.40 Å². The van der Waals surface area contributed by atoms with Crippen molar-refractivity contribution in [2.75, 3.05) is 0 Å². The Morgan fingerprint density at radius 2 is 1.96 bits per heavy atom. The molecular formula is C16H12F3N5O. The molecule has 25 heavy (non-hydrogen) atoms. The Balaban J connectivity index is 2.02. The van der Waals surface area contributed by atoms with Gasteiger partial charge in [0.2, 0.25) is 6.39 Å². The Morgan fingerprint density at radius 3 is 2.60 bits per heavy atom. The average molecular weight is 347 g/mol. The fraction of sp³-hybridized carbons (Fsp3) is 0.250. The molecule has 4 heterocycles. The summed E-state index contributed by atoms with van der Waals surface area (Å²) in [5.74, 6) is -0.150. The second kappa shape index (κ2) is 5.27. The summed E-state index contributed by atoms with van der Waals surface area (Å²) in [6.07, 6.45) is -1.66. The molecule has 0 aliphatic heterocycles. The van der Waals surface area contributed by atoms with Gasteiger partial charge in [-0.15, -0.1) is 10.2 Å². The molecule has 128 valence electrons. The number of hydrogen-bond donors (Lipinski definition) is 0. The largest absolute Gasteiger partial charge is 0.422 e. The van der Waals surface area contributed by atoms with Crippen LogP contribution in [0.3, 0.4) is 0 Å². The molecule has 0 saturated carbocycles. The fourth-order valence-electron chi connectivity index (χ4n) is 2.75. The molecule has 6 nitrogen and oxygen atoms in total. The molecule has 0 saturated heterocycles. The van der Waals surface area contributed by atoms with Gasteiger partial charge in [-0.1, -0.05) is 13.8 Å². The van der Waals surface area contributed by atoms with E-state index in [9.17, 15) is 13.2 Å². The lowest BCUT2D eigenvalue weighted by molar-refractivity contribution is -0.138. The summed E-state index contributed by atoms with van der Waals surface area (Å²) in [5, 5.41) is 7.77. The lowest BCUT2D eigenvalue weighted by Crippen LogP contribution is -2.12. The summed E-state index contributed by atoms with van der Waals surface area (Å²) in [4.78, 5) is 8.66. The molecule has 0 radical (unpaired) electrons. The quantitative estimate of drug-likeness (QED) is 0.547. The van der Waals surface area contributed by atoms with E-state index < -0.39 is 11.7 Å². The lowest BCUT2D eigenvalue weighted by atomic mass is 10.0. The van der Waals surface area contributed by atoms with E-state index in [2.05, 4.69) is 20.2 Å². The summed E-state index contributed by atoms with van der Waals surface area (Å²) < 4.78 is 46.8. The van der Waals surface area contributed by atoms with E-state index in [0.29, 0.717) is 22.4 Å². The van der Waals surface area contributed by atoms with Crippen LogP contribution in [0.1, 0.15) is 31.0 Å². The topological polar surface area (TPSA) is 69.1 Å². The first-order valence-electron chi connectivity index (χ1n) is 7.51. The highest BCUT2D eigenvalue weighted by Crippen LogP contribution is 2.36. The SMILES string of the molecule is CC(C)c1nc2c(ccc3nc(-c4nnco4)cn32)cc1C(F)(F)F. The number of halogens is 3. The highest BCUT2D eigenvalue weighted by Gasteiger charge is 2.35. The van der Waals surface area contributed by atoms with Gasteiger partial charge in [-0.25, -0.2) is 9.97 Å². The molecule has 0 aromatic carbocycles. The minimum absolute atomic E-state index is 0.000500. The molecule has 0 fully saturated rings. The number of rotatable bonds is 2. The molecule has 0 N–H and O–H groups in total. The maximum atomic E-state index is 13.4. The van der Waals surface area contributed by atoms with Gasteiger partial charge in [0, 0.05) is 11.6 Å². The van der Waals surface area contributed by atoms with Crippen molar-refractivity contribution >= 4 is 16.7 Å². The number of imidazole rings is 1. The minimum atomic E-state index is -4.46. The van der Waals surface area contributed by atoms with E-state index >= 15 is 0 Å². The minimum Gasteiger partial charge on any atom is -0.422 e. The second-order valence-electron chi connectivity index (χ2n) is 5.92. The van der Waals surface area contributed by atoms with Crippen molar-refractivity contribution in [3.63, 3.8) is 0 Å². The van der Waals surface area contributed by atoms with Gasteiger partial charge < -0.3 is 4.42 Å². The first kappa shape index (κ1) is 15.6. The van der Waals surface area contributed by atoms with Gasteiger partial charge in [0.25, 0.3) is 5.89 Å². The van der Waals surface area contributed by atoms with Crippen LogP contribution < -0.4 is 0 Å². The average Bonchev–Trinajstić information content (AvgIpc) is 3.21. The predicted molar refractivity (Wildman–Crippen MR) is 82.9 cm³/mol. The normalized spacial score (nSPS) is 12.6. The van der Waals surface area contributed by atoms with Crippen molar-refractivity contribution in [2.24, 2.45) is 0 Å². The Labute approximate surface area is 139 Å². The monoisotopic (exact) mass is 347 g/mol. The highest BCUT2D eigenvalue weighted by atomic mass is 19.4. The molecule has 4 aromatic heterocycles. The van der Waals surface area contributed by atoms with Crippen LogP contribution in [-0.4, -0.2) is 24.6 Å². The van der Waals surface area contributed by atoms with Crippen molar-refractivity contribution in [3.05, 3.63) is 42.0 Å². The molecule has 0 aliphatic carbocycles. The predicted octanol–water partition coefficient (Wildman–Crippen LogP) is 4.07. The molecule has 9 heteroatoms. The molecule has 0 aliphatic rings. The van der Waals surface area contributed by atoms with Crippen LogP contribution in [0.4, 0.5) is 13.2 Å². The van der Waals surface area contributed by atoms with Gasteiger partial charge >= 0.3 is 6.18 Å². The van der Waals surface area contributed by atoms with E-state index in [0.717, 1.165) is 6.07 Å². The van der Waals surface area contributed by atoms with E-state index in [1.54, 1.807) is 36.6 Å². The zero-order valence-electron chi connectivity index (χ0n) is 13.2. The van der Waals surface area contributed by atoms with Crippen LogP contribution in [0.15, 0.2) is 35.2 Å². The van der Waals surface area contributed by atoms with Crippen LogP contribution in [0.25, 0.3) is 28.3 Å². The summed E-state index contributed by atoms with van der Waals surface area (Å²) >= 11 is 0. The number of hydrogen-bond acceptors (Lipinski definition) is 5. The first-order chi connectivity index (χ1) is 11.8. The molecule has 0 amide bonds. The van der Waals surface area contributed by atoms with Crippen LogP contribution in [0.5, 0.6) is 0 Å². The van der Waals surface area contributed by atoms with E-state index in [1.165, 1.54) is 6.39 Å². The van der Waals surface area contributed by atoms with Gasteiger partial charge in [0.05, 0.1) is 11.3 Å². The summed E-state index contributed by atoms with van der Waals surface area (Å²) in [6, 6.07) is 4.32. The Morgan fingerprint density at radius 1 is 1.16 bits per heavy atom. The highest BCUT2D eigenvalue weighted by molar-refractivity contribution is 5.80. The standard InChI is InChI=1S/C16H12F3N5O/c1-8(2)13-10(16(17,18)19)5-9-3-4-12-21-11(15-23-20-7-25-15)6-24(12)14(9)22-13/h3-8H,1-2H3. The zero-order chi connectivity index (χ0) is 17.8. The Bertz CT molecular complexity index is 1070. The third kappa shape index (κ3) is 2.51. The molecule has 4 aromatic rings. The Kier molecular flexibility index (Phi) is 3.28. The van der Waals surface area contributed by atoms with Gasteiger partial charge in [-0.2, -0.15) is 13.2 Å². The number of alkyl halides is 3. The van der Waals surface area contributed by atoms with Gasteiger partial charge in [-0.05, 0) is 24.1 Å². The molecule has 0 unspecified atom stereocenters. The molecule has 0 spiro atoms. The van der Waals surface area contributed by atoms with Crippen LogP contribution in [0.2, 0.25) is 0 Å². The first-order valence-corrected chi connectivity index (χ1v) is 7.51. The fourth-order valence-corrected chi connectivity index (χ4v) is 2.75. The Hall–Kier alpha value is -2.97. The van der Waals surface area contributed by atoms with Crippen molar-refractivity contribution in [1.29, 1.82) is 0 Å². The molecule has 0 atom stereocenters. The number of pyridine rings is 2. The maximum absolute atomic E-state index is 13.4. The molecular weight excluding hydrogens is 335 g/mol. The van der Waals surface area contributed by atoms with Crippen LogP contribution in [0, 0.1) is 0 Å². The number of fused-ring (bicyclic) bond motifs is 3. The smallest absolute Gasteiger partial charge is 0.418 e. The van der Waals surface area contributed by atoms with Crippen molar-refractivity contribution in [2.45, 2.75) is 25.9 Å². The van der Waals surface area contributed by atoms with Gasteiger partial charge in [0.15, 0.2) is 0 Å². The van der Waals surface area contributed by atoms with E-state index in [-0.39, 0.29) is 17.5 Å². The number of nitrogens with zero attached hydrogens (tertiary/aromatic N) is 5. The van der Waals surface area contributed by atoms with Crippen molar-refractivity contribution < 1.29 is 17.6 Å². The third-order valence-electron chi connectivity index (χ3n) is 3.87. The summed E-state index contributed by atoms with van der Waals surface area (Å²) in [7, 11) is 0. The molecule has 4 rings (SSSR count). The van der Waals surface area contributed by atoms with Gasteiger partial charge in [0.1, 0.15) is 17.0 Å². The summed E-state index contributed by atoms with van der Waals surface area (Å²) in [5.41, 5.74) is 0.639. The van der Waals surface area contributed by atoms with E-state index in [1.807, 2.05) is 0 Å². The van der Waals surface area contributed by atoms with Crippen molar-refractivity contribution in [3.8, 4) is 11.6 Å².